The van der Waals surface area contributed by atoms with Crippen LogP contribution in [0, 0.1) is 6.92 Å². The number of hydrogen-bond acceptors (Lipinski definition) is 3. The molecule has 2 rings (SSSR count). The lowest BCUT2D eigenvalue weighted by Gasteiger charge is -2.14. The highest BCUT2D eigenvalue weighted by atomic mass is 16.7. The molecule has 0 fully saturated rings. The van der Waals surface area contributed by atoms with Crippen LogP contribution in [0.1, 0.15) is 76.0 Å². The molecule has 0 amide bonds. The number of aryl methyl sites for hydroxylation is 1. The zero-order valence-electron chi connectivity index (χ0n) is 17.8. The van der Waals surface area contributed by atoms with Crippen molar-refractivity contribution in [2.24, 2.45) is 4.99 Å². The lowest BCUT2D eigenvalue weighted by atomic mass is 9.93. The highest BCUT2D eigenvalue weighted by Crippen LogP contribution is 2.36. The molecule has 0 aromatic rings. The Kier molecular flexibility index (Phi) is 8.15. The first-order valence-corrected chi connectivity index (χ1v) is 10.3. The van der Waals surface area contributed by atoms with Crippen LogP contribution in [0.3, 0.4) is 0 Å². The third-order valence-corrected chi connectivity index (χ3v) is 4.99. The Labute approximate surface area is 165 Å². The zero-order valence-corrected chi connectivity index (χ0v) is 17.8. The van der Waals surface area contributed by atoms with Gasteiger partial charge < -0.3 is 9.47 Å². The monoisotopic (exact) mass is 369 g/mol. The molecule has 0 heterocycles. The molecule has 0 N–H and O–H groups in total. The Bertz CT molecular complexity index is 721. The second-order valence-corrected chi connectivity index (χ2v) is 7.55. The normalized spacial score (nSPS) is 13.2. The van der Waals surface area contributed by atoms with Gasteiger partial charge in [0.15, 0.2) is 0 Å². The molecule has 3 nitrogen and oxygen atoms in total. The summed E-state index contributed by atoms with van der Waals surface area (Å²) >= 11 is 0. The van der Waals surface area contributed by atoms with E-state index in [2.05, 4.69) is 69.9 Å². The van der Waals surface area contributed by atoms with Crippen LogP contribution in [0.15, 0.2) is 35.3 Å². The molecule has 0 aliphatic heterocycles. The minimum absolute atomic E-state index is 0.416. The average molecular weight is 370 g/mol. The summed E-state index contributed by atoms with van der Waals surface area (Å²) in [5.41, 5.74) is 6.87. The number of ether oxygens (including phenoxy) is 2. The maximum atomic E-state index is 5.58. The lowest BCUT2D eigenvalue weighted by Crippen LogP contribution is -2.11. The summed E-state index contributed by atoms with van der Waals surface area (Å²) in [4.78, 5) is 4.54. The summed E-state index contributed by atoms with van der Waals surface area (Å²) in [6.07, 6.45) is 2.35. The Morgan fingerprint density at radius 2 is 1.78 bits per heavy atom. The van der Waals surface area contributed by atoms with E-state index in [4.69, 9.17) is 9.47 Å². The SMILES string of the molecule is CCCOC(=NCCC(C)c1ccc(C(C)C)cc2c(C)ccc1-2)OCC. The highest BCUT2D eigenvalue weighted by molar-refractivity contribution is 5.74. The fourth-order valence-corrected chi connectivity index (χ4v) is 3.27. The quantitative estimate of drug-likeness (QED) is 0.391. The van der Waals surface area contributed by atoms with E-state index in [0.717, 1.165) is 12.8 Å². The van der Waals surface area contributed by atoms with E-state index in [1.54, 1.807) is 0 Å². The molecule has 2 aliphatic carbocycles. The summed E-state index contributed by atoms with van der Waals surface area (Å²) < 4.78 is 11.1. The van der Waals surface area contributed by atoms with Crippen LogP contribution in [0.25, 0.3) is 11.1 Å². The van der Waals surface area contributed by atoms with Crippen molar-refractivity contribution in [3.63, 3.8) is 0 Å². The Morgan fingerprint density at radius 1 is 1.00 bits per heavy atom. The second kappa shape index (κ2) is 10.3. The van der Waals surface area contributed by atoms with Gasteiger partial charge in [-0.1, -0.05) is 58.0 Å². The Hall–Kier alpha value is -2.03. The topological polar surface area (TPSA) is 30.8 Å². The fourth-order valence-electron chi connectivity index (χ4n) is 3.27. The molecule has 1 unspecified atom stereocenters. The smallest absolute Gasteiger partial charge is 0.383 e. The van der Waals surface area contributed by atoms with Crippen molar-refractivity contribution in [1.29, 1.82) is 0 Å². The molecule has 0 saturated heterocycles. The van der Waals surface area contributed by atoms with Crippen molar-refractivity contribution in [3.05, 3.63) is 47.0 Å². The van der Waals surface area contributed by atoms with E-state index in [1.807, 2.05) is 6.92 Å². The van der Waals surface area contributed by atoms with Gasteiger partial charge in [-0.05, 0) is 66.3 Å². The van der Waals surface area contributed by atoms with Gasteiger partial charge in [-0.3, -0.25) is 0 Å². The fraction of sp³-hybridized carbons (Fsp3) is 0.542. The van der Waals surface area contributed by atoms with Crippen LogP contribution in [0.2, 0.25) is 0 Å². The van der Waals surface area contributed by atoms with Crippen molar-refractivity contribution >= 4 is 6.08 Å². The molecule has 0 saturated carbocycles. The van der Waals surface area contributed by atoms with Crippen LogP contribution in [-0.4, -0.2) is 25.8 Å². The van der Waals surface area contributed by atoms with Crippen molar-refractivity contribution in [1.82, 2.24) is 0 Å². The van der Waals surface area contributed by atoms with E-state index >= 15 is 0 Å². The molecule has 2 aliphatic rings. The molecule has 0 aromatic heterocycles. The predicted octanol–water partition coefficient (Wildman–Crippen LogP) is 6.54. The predicted molar refractivity (Wildman–Crippen MR) is 115 cm³/mol. The summed E-state index contributed by atoms with van der Waals surface area (Å²) in [6, 6.07) is 11.4. The van der Waals surface area contributed by atoms with Crippen LogP contribution >= 0.6 is 0 Å². The van der Waals surface area contributed by atoms with E-state index in [0.29, 0.717) is 37.7 Å². The Balaban J connectivity index is 2.18. The molecule has 0 radical (unpaired) electrons. The molecule has 27 heavy (non-hydrogen) atoms. The van der Waals surface area contributed by atoms with Crippen molar-refractivity contribution in [2.45, 2.75) is 66.2 Å². The van der Waals surface area contributed by atoms with Gasteiger partial charge in [0.2, 0.25) is 0 Å². The number of nitrogens with zero attached hydrogens (tertiary/aromatic N) is 1. The van der Waals surface area contributed by atoms with Gasteiger partial charge in [0.25, 0.3) is 0 Å². The van der Waals surface area contributed by atoms with E-state index in [9.17, 15) is 0 Å². The molecule has 1 atom stereocenters. The maximum Gasteiger partial charge on any atom is 0.383 e. The molecule has 3 heteroatoms. The molecule has 0 spiro atoms. The van der Waals surface area contributed by atoms with E-state index in [1.165, 1.54) is 27.8 Å². The summed E-state index contributed by atoms with van der Waals surface area (Å²) in [5, 5.41) is 0. The van der Waals surface area contributed by atoms with Gasteiger partial charge in [-0.25, -0.2) is 4.99 Å². The number of aliphatic imine (C=N–C) groups is 1. The number of fused-ring (bicyclic) bond motifs is 1. The van der Waals surface area contributed by atoms with Crippen molar-refractivity contribution in [3.8, 4) is 11.1 Å². The van der Waals surface area contributed by atoms with Gasteiger partial charge in [0.05, 0.1) is 13.2 Å². The summed E-state index contributed by atoms with van der Waals surface area (Å²) in [6.45, 7) is 15.0. The second-order valence-electron chi connectivity index (χ2n) is 7.55. The van der Waals surface area contributed by atoms with Gasteiger partial charge in [-0.15, -0.1) is 0 Å². The third kappa shape index (κ3) is 5.72. The Morgan fingerprint density at radius 3 is 2.44 bits per heavy atom. The van der Waals surface area contributed by atoms with Gasteiger partial charge in [-0.2, -0.15) is 0 Å². The minimum Gasteiger partial charge on any atom is -0.451 e. The van der Waals surface area contributed by atoms with Crippen LogP contribution in [-0.2, 0) is 9.47 Å². The zero-order chi connectivity index (χ0) is 19.8. The van der Waals surface area contributed by atoms with E-state index < -0.39 is 0 Å². The third-order valence-electron chi connectivity index (χ3n) is 4.99. The van der Waals surface area contributed by atoms with Crippen LogP contribution < -0.4 is 0 Å². The summed E-state index contributed by atoms with van der Waals surface area (Å²) in [5.74, 6) is 0.937. The molecular weight excluding hydrogens is 334 g/mol. The highest BCUT2D eigenvalue weighted by Gasteiger charge is 2.16. The number of hydrogen-bond donors (Lipinski definition) is 0. The lowest BCUT2D eigenvalue weighted by molar-refractivity contribution is 0.171. The largest absolute Gasteiger partial charge is 0.451 e. The first-order chi connectivity index (χ1) is 13.0. The van der Waals surface area contributed by atoms with E-state index in [-0.39, 0.29) is 0 Å². The summed E-state index contributed by atoms with van der Waals surface area (Å²) in [7, 11) is 0. The molecule has 148 valence electrons. The van der Waals surface area contributed by atoms with Crippen LogP contribution in [0.5, 0.6) is 0 Å². The first kappa shape index (κ1) is 21.3. The first-order valence-electron chi connectivity index (χ1n) is 10.3. The van der Waals surface area contributed by atoms with Crippen molar-refractivity contribution in [2.75, 3.05) is 19.8 Å². The maximum absolute atomic E-state index is 5.58. The van der Waals surface area contributed by atoms with Crippen LogP contribution in [0.4, 0.5) is 0 Å². The van der Waals surface area contributed by atoms with Gasteiger partial charge in [0.1, 0.15) is 0 Å². The van der Waals surface area contributed by atoms with Gasteiger partial charge >= 0.3 is 6.08 Å². The molecule has 0 bridgehead atoms. The molecule has 0 aromatic carbocycles. The van der Waals surface area contributed by atoms with Crippen molar-refractivity contribution < 1.29 is 9.47 Å². The minimum atomic E-state index is 0.416. The standard InChI is InChI=1S/C24H35NO2/c1-7-15-27-24(26-8-2)25-14-13-19(6)21-12-10-20(17(3)4)16-23-18(5)9-11-22(21)23/h9-12,16-17,19H,7-8,13-15H2,1-6H3. The number of rotatable bonds is 8. The van der Waals surface area contributed by atoms with Gasteiger partial charge in [0, 0.05) is 6.54 Å². The molecular formula is C24H35NO2. The average Bonchev–Trinajstić information content (AvgIpc) is 2.88.